The lowest BCUT2D eigenvalue weighted by Gasteiger charge is -2.18. The molecule has 1 amide bonds. The first-order valence-corrected chi connectivity index (χ1v) is 12.3. The van der Waals surface area contributed by atoms with E-state index < -0.39 is 6.10 Å². The second-order valence-corrected chi connectivity index (χ2v) is 7.58. The molecular weight excluding hydrogens is 426 g/mol. The first-order chi connectivity index (χ1) is 16.5. The van der Waals surface area contributed by atoms with Crippen LogP contribution in [0.15, 0.2) is 71.1 Å². The number of H-pyrrole nitrogens is 1. The minimum atomic E-state index is -0.440. The molecule has 1 aromatic carbocycles. The van der Waals surface area contributed by atoms with Crippen molar-refractivity contribution in [2.75, 3.05) is 20.1 Å². The molecule has 1 heterocycles. The molecule has 1 unspecified atom stereocenters. The molecule has 34 heavy (non-hydrogen) atoms. The molecule has 0 saturated carbocycles. The first kappa shape index (κ1) is 29.1. The van der Waals surface area contributed by atoms with Gasteiger partial charge in [-0.05, 0) is 55.1 Å². The van der Waals surface area contributed by atoms with Crippen molar-refractivity contribution in [1.29, 1.82) is 0 Å². The van der Waals surface area contributed by atoms with Crippen molar-refractivity contribution in [2.45, 2.75) is 59.6 Å². The third-order valence-corrected chi connectivity index (χ3v) is 5.19. The van der Waals surface area contributed by atoms with Crippen LogP contribution in [0.1, 0.15) is 62.2 Å². The van der Waals surface area contributed by atoms with Gasteiger partial charge in [-0.25, -0.2) is 0 Å². The van der Waals surface area contributed by atoms with Gasteiger partial charge in [-0.3, -0.25) is 9.59 Å². The summed E-state index contributed by atoms with van der Waals surface area (Å²) in [6, 6.07) is 12.5. The number of aromatic amines is 1. The van der Waals surface area contributed by atoms with E-state index in [4.69, 9.17) is 0 Å². The van der Waals surface area contributed by atoms with Gasteiger partial charge in [0.15, 0.2) is 0 Å². The van der Waals surface area contributed by atoms with E-state index in [-0.39, 0.29) is 11.5 Å². The lowest BCUT2D eigenvalue weighted by molar-refractivity contribution is 0.0783. The van der Waals surface area contributed by atoms with E-state index in [1.165, 1.54) is 6.07 Å². The monoisotopic (exact) mass is 467 g/mol. The summed E-state index contributed by atoms with van der Waals surface area (Å²) >= 11 is 0. The fraction of sp³-hybridized carbons (Fsp3) is 0.429. The molecule has 1 atom stereocenters. The summed E-state index contributed by atoms with van der Waals surface area (Å²) in [6.45, 7) is 9.65. The van der Waals surface area contributed by atoms with Crippen LogP contribution in [-0.4, -0.2) is 47.1 Å². The number of nitrogens with zero attached hydrogens (tertiary/aromatic N) is 1. The van der Waals surface area contributed by atoms with Gasteiger partial charge in [0.1, 0.15) is 0 Å². The summed E-state index contributed by atoms with van der Waals surface area (Å²) in [6.07, 6.45) is 8.40. The van der Waals surface area contributed by atoms with Crippen molar-refractivity contribution in [3.05, 3.63) is 93.4 Å². The zero-order chi connectivity index (χ0) is 25.3. The molecule has 0 fully saturated rings. The van der Waals surface area contributed by atoms with Crippen LogP contribution in [0.3, 0.4) is 0 Å². The number of carbonyl (C=O) groups is 1. The minimum absolute atomic E-state index is 0.0951. The first-order valence-electron chi connectivity index (χ1n) is 12.3. The van der Waals surface area contributed by atoms with Crippen LogP contribution >= 0.6 is 0 Å². The van der Waals surface area contributed by atoms with E-state index in [9.17, 15) is 14.7 Å². The van der Waals surface area contributed by atoms with Gasteiger partial charge < -0.3 is 20.3 Å². The normalized spacial score (nSPS) is 12.9. The maximum atomic E-state index is 12.6. The van der Waals surface area contributed by atoms with Crippen molar-refractivity contribution >= 4 is 5.91 Å². The largest absolute Gasteiger partial charge is 0.387 e. The van der Waals surface area contributed by atoms with Crippen LogP contribution in [0, 0.1) is 0 Å². The molecule has 6 nitrogen and oxygen atoms in total. The molecule has 186 valence electrons. The van der Waals surface area contributed by atoms with Crippen LogP contribution in [0.25, 0.3) is 0 Å². The third-order valence-electron chi connectivity index (χ3n) is 5.19. The van der Waals surface area contributed by atoms with E-state index in [0.717, 1.165) is 36.9 Å². The Balaban J connectivity index is 0.00000137. The Morgan fingerprint density at radius 1 is 1.12 bits per heavy atom. The van der Waals surface area contributed by atoms with E-state index in [0.29, 0.717) is 24.3 Å². The number of nitrogens with one attached hydrogen (secondary N) is 2. The number of rotatable bonds is 9. The van der Waals surface area contributed by atoms with Gasteiger partial charge in [-0.15, -0.1) is 0 Å². The lowest BCUT2D eigenvalue weighted by Crippen LogP contribution is -2.30. The number of aliphatic hydroxyl groups is 1. The summed E-state index contributed by atoms with van der Waals surface area (Å²) in [5, 5.41) is 13.5. The Labute approximate surface area is 204 Å². The number of hydrogen-bond donors (Lipinski definition) is 3. The number of aromatic nitrogens is 1. The fourth-order valence-corrected chi connectivity index (χ4v) is 3.45. The molecule has 0 saturated heterocycles. The molecule has 1 aromatic heterocycles. The van der Waals surface area contributed by atoms with E-state index in [1.54, 1.807) is 24.1 Å². The Morgan fingerprint density at radius 3 is 2.44 bits per heavy atom. The van der Waals surface area contributed by atoms with Crippen LogP contribution in [-0.2, 0) is 13.0 Å². The summed E-state index contributed by atoms with van der Waals surface area (Å²) in [5.74, 6) is -0.0951. The summed E-state index contributed by atoms with van der Waals surface area (Å²) < 4.78 is 0. The number of hydrogen-bond acceptors (Lipinski definition) is 4. The molecule has 1 aliphatic rings. The highest BCUT2D eigenvalue weighted by Crippen LogP contribution is 2.15. The average Bonchev–Trinajstić information content (AvgIpc) is 2.89. The molecule has 2 aromatic rings. The van der Waals surface area contributed by atoms with E-state index in [1.807, 2.05) is 64.1 Å². The zero-order valence-corrected chi connectivity index (χ0v) is 21.3. The molecule has 0 aliphatic heterocycles. The van der Waals surface area contributed by atoms with Gasteiger partial charge in [-0.1, -0.05) is 64.1 Å². The summed E-state index contributed by atoms with van der Waals surface area (Å²) in [7, 11) is 1.72. The quantitative estimate of drug-likeness (QED) is 0.475. The number of aliphatic hydroxyl groups excluding tert-OH is 1. The van der Waals surface area contributed by atoms with E-state index >= 15 is 0 Å². The number of benzene rings is 1. The Kier molecular flexibility index (Phi) is 14.2. The molecule has 3 rings (SSSR count). The Bertz CT molecular complexity index is 961. The number of pyridine rings is 1. The molecular formula is C28H41N3O3. The number of carbonyl (C=O) groups excluding carboxylic acids is 1. The van der Waals surface area contributed by atoms with Crippen LogP contribution in [0.2, 0.25) is 0 Å². The van der Waals surface area contributed by atoms with E-state index in [2.05, 4.69) is 16.4 Å². The minimum Gasteiger partial charge on any atom is -0.387 e. The van der Waals surface area contributed by atoms with Crippen molar-refractivity contribution in [3.63, 3.8) is 0 Å². The van der Waals surface area contributed by atoms with Crippen molar-refractivity contribution in [3.8, 4) is 0 Å². The van der Waals surface area contributed by atoms with Gasteiger partial charge in [-0.2, -0.15) is 0 Å². The highest BCUT2D eigenvalue weighted by atomic mass is 16.3. The fourth-order valence-electron chi connectivity index (χ4n) is 3.45. The van der Waals surface area contributed by atoms with Crippen LogP contribution < -0.4 is 10.9 Å². The molecule has 6 heteroatoms. The van der Waals surface area contributed by atoms with Crippen molar-refractivity contribution in [1.82, 2.24) is 15.2 Å². The SMILES string of the molecule is CC.CC.CN(Cc1cccc(=O)[nH]1)C(=O)c1ccc(CCNCC(O)C2=CC=CCC2)cc1. The molecule has 0 bridgehead atoms. The molecule has 0 radical (unpaired) electrons. The van der Waals surface area contributed by atoms with Crippen molar-refractivity contribution in [2.24, 2.45) is 0 Å². The molecule has 1 aliphatic carbocycles. The third kappa shape index (κ3) is 9.89. The predicted octanol–water partition coefficient (Wildman–Crippen LogP) is 4.47. The molecule has 0 spiro atoms. The van der Waals surface area contributed by atoms with Gasteiger partial charge >= 0.3 is 0 Å². The highest BCUT2D eigenvalue weighted by Gasteiger charge is 2.13. The lowest BCUT2D eigenvalue weighted by atomic mass is 10.00. The summed E-state index contributed by atoms with van der Waals surface area (Å²) in [5.41, 5.74) is 3.34. The zero-order valence-electron chi connectivity index (χ0n) is 21.3. The van der Waals surface area contributed by atoms with Crippen LogP contribution in [0.4, 0.5) is 0 Å². The Morgan fingerprint density at radius 2 is 1.82 bits per heavy atom. The van der Waals surface area contributed by atoms with Gasteiger partial charge in [0, 0.05) is 30.9 Å². The van der Waals surface area contributed by atoms with Crippen molar-refractivity contribution < 1.29 is 9.90 Å². The maximum absolute atomic E-state index is 12.6. The second kappa shape index (κ2) is 16.6. The standard InChI is InChI=1S/C24H29N3O3.2C2H6/c1-27(17-21-8-5-9-23(29)26-21)24(30)20-12-10-18(11-13-20)14-15-25-16-22(28)19-6-3-2-4-7-19;2*1-2/h2-3,5-6,8-13,22,25,28H,4,7,14-17H2,1H3,(H,26,29);2*1-2H3. The van der Waals surface area contributed by atoms with Gasteiger partial charge in [0.2, 0.25) is 5.56 Å². The van der Waals surface area contributed by atoms with Gasteiger partial charge in [0.25, 0.3) is 5.91 Å². The maximum Gasteiger partial charge on any atom is 0.253 e. The molecule has 3 N–H and O–H groups in total. The Hall–Kier alpha value is -2.96. The topological polar surface area (TPSA) is 85.4 Å². The van der Waals surface area contributed by atoms with Crippen LogP contribution in [0.5, 0.6) is 0 Å². The number of allylic oxidation sites excluding steroid dienone is 3. The van der Waals surface area contributed by atoms with Gasteiger partial charge in [0.05, 0.1) is 12.6 Å². The summed E-state index contributed by atoms with van der Waals surface area (Å²) in [4.78, 5) is 28.3. The highest BCUT2D eigenvalue weighted by molar-refractivity contribution is 5.94. The average molecular weight is 468 g/mol. The smallest absolute Gasteiger partial charge is 0.253 e. The second-order valence-electron chi connectivity index (χ2n) is 7.58. The number of amides is 1. The predicted molar refractivity (Wildman–Crippen MR) is 141 cm³/mol.